The van der Waals surface area contributed by atoms with Crippen molar-refractivity contribution in [3.63, 3.8) is 0 Å². The summed E-state index contributed by atoms with van der Waals surface area (Å²) in [7, 11) is 0. The average Bonchev–Trinajstić information content (AvgIpc) is 2.32. The van der Waals surface area contributed by atoms with E-state index in [1.54, 1.807) is 0 Å². The van der Waals surface area contributed by atoms with E-state index in [-0.39, 0.29) is 12.1 Å². The Morgan fingerprint density at radius 3 is 2.86 bits per heavy atom. The van der Waals surface area contributed by atoms with E-state index in [0.717, 1.165) is 11.5 Å². The minimum Gasteiger partial charge on any atom is -0.481 e. The van der Waals surface area contributed by atoms with Crippen LogP contribution in [-0.4, -0.2) is 26.5 Å². The van der Waals surface area contributed by atoms with E-state index in [9.17, 15) is 13.6 Å². The molecule has 0 aromatic carbocycles. The molecule has 0 amide bonds. The van der Waals surface area contributed by atoms with Crippen LogP contribution in [-0.2, 0) is 17.8 Å². The van der Waals surface area contributed by atoms with Crippen molar-refractivity contribution in [1.82, 2.24) is 9.55 Å². The van der Waals surface area contributed by atoms with Crippen molar-refractivity contribution in [2.24, 2.45) is 0 Å². The molecule has 1 heterocycles. The maximum Gasteiger partial charge on any atom is 0.309 e. The topological polar surface area (TPSA) is 55.1 Å². The molecular formula is C8H10F2N2O2. The molecule has 1 N–H and O–H groups in total. The maximum absolute atomic E-state index is 12.6. The minimum absolute atomic E-state index is 0.277. The number of aromatic nitrogens is 2. The molecule has 0 bridgehead atoms. The smallest absolute Gasteiger partial charge is 0.309 e. The Kier molecular flexibility index (Phi) is 2.83. The number of halogens is 2. The zero-order chi connectivity index (χ0) is 10.8. The van der Waals surface area contributed by atoms with Crippen molar-refractivity contribution in [2.75, 3.05) is 0 Å². The summed E-state index contributed by atoms with van der Waals surface area (Å²) in [6.07, 6.45) is 2.19. The number of imidazole rings is 1. The number of carboxylic acid groups (broad SMARTS) is 1. The molecule has 0 aliphatic rings. The monoisotopic (exact) mass is 204 g/mol. The molecule has 78 valence electrons. The Morgan fingerprint density at radius 1 is 1.71 bits per heavy atom. The first-order valence-corrected chi connectivity index (χ1v) is 3.97. The van der Waals surface area contributed by atoms with Crippen LogP contribution in [0.4, 0.5) is 8.78 Å². The molecule has 0 spiro atoms. The van der Waals surface area contributed by atoms with E-state index >= 15 is 0 Å². The van der Waals surface area contributed by atoms with Crippen LogP contribution in [0.2, 0.25) is 0 Å². The lowest BCUT2D eigenvalue weighted by molar-refractivity contribution is -0.136. The van der Waals surface area contributed by atoms with Gasteiger partial charge in [-0.25, -0.2) is 13.8 Å². The van der Waals surface area contributed by atoms with Crippen LogP contribution in [0, 0.1) is 0 Å². The molecule has 0 atom stereocenters. The molecule has 0 fully saturated rings. The molecule has 0 aliphatic heterocycles. The highest BCUT2D eigenvalue weighted by Crippen LogP contribution is 2.15. The van der Waals surface area contributed by atoms with Gasteiger partial charge in [-0.05, 0) is 0 Å². The van der Waals surface area contributed by atoms with Gasteiger partial charge in [-0.2, -0.15) is 0 Å². The predicted molar refractivity (Wildman–Crippen MR) is 44.2 cm³/mol. The fourth-order valence-corrected chi connectivity index (χ4v) is 1.09. The van der Waals surface area contributed by atoms with E-state index in [0.29, 0.717) is 0 Å². The van der Waals surface area contributed by atoms with Crippen LogP contribution in [0.15, 0.2) is 12.5 Å². The van der Waals surface area contributed by atoms with Crippen LogP contribution in [0.3, 0.4) is 0 Å². The first kappa shape index (κ1) is 10.6. The van der Waals surface area contributed by atoms with Crippen molar-refractivity contribution in [2.45, 2.75) is 25.8 Å². The SMILES string of the molecule is CC(F)(F)Cn1cncc1CC(=O)O. The van der Waals surface area contributed by atoms with Gasteiger partial charge >= 0.3 is 5.97 Å². The van der Waals surface area contributed by atoms with Gasteiger partial charge in [-0.3, -0.25) is 4.79 Å². The van der Waals surface area contributed by atoms with Gasteiger partial charge in [-0.1, -0.05) is 0 Å². The van der Waals surface area contributed by atoms with Crippen LogP contribution in [0.5, 0.6) is 0 Å². The van der Waals surface area contributed by atoms with E-state index in [1.165, 1.54) is 12.5 Å². The normalized spacial score (nSPS) is 11.6. The highest BCUT2D eigenvalue weighted by atomic mass is 19.3. The summed E-state index contributed by atoms with van der Waals surface area (Å²) in [6.45, 7) is 0.229. The van der Waals surface area contributed by atoms with Gasteiger partial charge in [-0.15, -0.1) is 0 Å². The fourth-order valence-electron chi connectivity index (χ4n) is 1.09. The second-order valence-electron chi connectivity index (χ2n) is 3.15. The number of carboxylic acids is 1. The zero-order valence-corrected chi connectivity index (χ0v) is 7.57. The zero-order valence-electron chi connectivity index (χ0n) is 7.57. The molecule has 0 saturated carbocycles. The third-order valence-electron chi connectivity index (χ3n) is 1.58. The second-order valence-corrected chi connectivity index (χ2v) is 3.15. The lowest BCUT2D eigenvalue weighted by Gasteiger charge is -2.12. The molecule has 14 heavy (non-hydrogen) atoms. The molecule has 6 heteroatoms. The highest BCUT2D eigenvalue weighted by Gasteiger charge is 2.23. The van der Waals surface area contributed by atoms with Crippen molar-refractivity contribution < 1.29 is 18.7 Å². The number of hydrogen-bond donors (Lipinski definition) is 1. The largest absolute Gasteiger partial charge is 0.481 e. The Morgan fingerprint density at radius 2 is 2.36 bits per heavy atom. The number of nitrogens with zero attached hydrogens (tertiary/aromatic N) is 2. The van der Waals surface area contributed by atoms with Gasteiger partial charge < -0.3 is 9.67 Å². The fraction of sp³-hybridized carbons (Fsp3) is 0.500. The van der Waals surface area contributed by atoms with Gasteiger partial charge in [0.2, 0.25) is 0 Å². The van der Waals surface area contributed by atoms with E-state index in [4.69, 9.17) is 5.11 Å². The third-order valence-corrected chi connectivity index (χ3v) is 1.58. The average molecular weight is 204 g/mol. The highest BCUT2D eigenvalue weighted by molar-refractivity contribution is 5.69. The Hall–Kier alpha value is -1.46. The van der Waals surface area contributed by atoms with Crippen molar-refractivity contribution in [1.29, 1.82) is 0 Å². The Balaban J connectivity index is 2.77. The molecular weight excluding hydrogens is 194 g/mol. The third kappa shape index (κ3) is 3.12. The van der Waals surface area contributed by atoms with Gasteiger partial charge in [0, 0.05) is 18.8 Å². The van der Waals surface area contributed by atoms with Gasteiger partial charge in [0.05, 0.1) is 19.3 Å². The number of hydrogen-bond acceptors (Lipinski definition) is 2. The van der Waals surface area contributed by atoms with E-state index < -0.39 is 18.4 Å². The summed E-state index contributed by atoms with van der Waals surface area (Å²) < 4.78 is 26.4. The van der Waals surface area contributed by atoms with Crippen molar-refractivity contribution in [3.8, 4) is 0 Å². The minimum atomic E-state index is -2.87. The Labute approximate surface area is 79.2 Å². The summed E-state index contributed by atoms with van der Waals surface area (Å²) >= 11 is 0. The summed E-state index contributed by atoms with van der Waals surface area (Å²) in [5.74, 6) is -3.93. The number of aliphatic carboxylic acids is 1. The summed E-state index contributed by atoms with van der Waals surface area (Å²) in [4.78, 5) is 14.0. The van der Waals surface area contributed by atoms with E-state index in [2.05, 4.69) is 4.98 Å². The van der Waals surface area contributed by atoms with Gasteiger partial charge in [0.25, 0.3) is 5.92 Å². The summed E-state index contributed by atoms with van der Waals surface area (Å²) in [6, 6.07) is 0. The molecule has 0 unspecified atom stereocenters. The molecule has 0 aliphatic carbocycles. The molecule has 1 aromatic heterocycles. The lowest BCUT2D eigenvalue weighted by atomic mass is 10.3. The number of carbonyl (C=O) groups is 1. The van der Waals surface area contributed by atoms with Crippen LogP contribution in [0.1, 0.15) is 12.6 Å². The second kappa shape index (κ2) is 3.73. The van der Waals surface area contributed by atoms with Gasteiger partial charge in [0.15, 0.2) is 0 Å². The quantitative estimate of drug-likeness (QED) is 0.800. The predicted octanol–water partition coefficient (Wildman–Crippen LogP) is 1.17. The number of alkyl halides is 2. The maximum atomic E-state index is 12.6. The standard InChI is InChI=1S/C8H10F2N2O2/c1-8(9,10)4-12-5-11-3-6(12)2-7(13)14/h3,5H,2,4H2,1H3,(H,13,14). The van der Waals surface area contributed by atoms with Crippen molar-refractivity contribution >= 4 is 5.97 Å². The van der Waals surface area contributed by atoms with Gasteiger partial charge in [0.1, 0.15) is 0 Å². The van der Waals surface area contributed by atoms with E-state index in [1.807, 2.05) is 0 Å². The first-order valence-electron chi connectivity index (χ1n) is 3.97. The van der Waals surface area contributed by atoms with Crippen LogP contribution >= 0.6 is 0 Å². The molecule has 0 radical (unpaired) electrons. The molecule has 1 aromatic rings. The van der Waals surface area contributed by atoms with Crippen LogP contribution in [0.25, 0.3) is 0 Å². The number of rotatable bonds is 4. The lowest BCUT2D eigenvalue weighted by Crippen LogP contribution is -2.21. The molecule has 1 rings (SSSR count). The molecule has 4 nitrogen and oxygen atoms in total. The van der Waals surface area contributed by atoms with Crippen LogP contribution < -0.4 is 0 Å². The molecule has 0 saturated heterocycles. The summed E-state index contributed by atoms with van der Waals surface area (Å²) in [5.41, 5.74) is 0.277. The Bertz CT molecular complexity index is 330. The summed E-state index contributed by atoms with van der Waals surface area (Å²) in [5, 5.41) is 8.48. The van der Waals surface area contributed by atoms with Crippen molar-refractivity contribution in [3.05, 3.63) is 18.2 Å². The first-order chi connectivity index (χ1) is 6.38.